The first-order chi connectivity index (χ1) is 11.1. The fraction of sp³-hybridized carbons (Fsp3) is 0. The van der Waals surface area contributed by atoms with Crippen LogP contribution in [0.2, 0.25) is 0 Å². The zero-order valence-electron chi connectivity index (χ0n) is 12.1. The molecule has 0 heterocycles. The summed E-state index contributed by atoms with van der Waals surface area (Å²) in [5.41, 5.74) is 4.91. The molecule has 110 valence electrons. The van der Waals surface area contributed by atoms with Crippen LogP contribution in [0.25, 0.3) is 22.3 Å². The van der Waals surface area contributed by atoms with Crippen LogP contribution >= 0.6 is 0 Å². The van der Waals surface area contributed by atoms with Gasteiger partial charge in [-0.25, -0.2) is 4.79 Å². The first-order valence-electron chi connectivity index (χ1n) is 7.27. The number of carboxylic acids is 1. The molecule has 23 heavy (non-hydrogen) atoms. The van der Waals surface area contributed by atoms with Crippen LogP contribution in [0, 0.1) is 0 Å². The predicted octanol–water partition coefficient (Wildman–Crippen LogP) is 4.26. The van der Waals surface area contributed by atoms with Gasteiger partial charge < -0.3 is 5.11 Å². The smallest absolute Gasteiger partial charge is 0.335 e. The first kappa shape index (κ1) is 13.5. The van der Waals surface area contributed by atoms with Gasteiger partial charge in [-0.05, 0) is 40.5 Å². The van der Waals surface area contributed by atoms with E-state index in [2.05, 4.69) is 0 Å². The molecule has 0 saturated carbocycles. The van der Waals surface area contributed by atoms with Gasteiger partial charge in [-0.15, -0.1) is 0 Å². The summed E-state index contributed by atoms with van der Waals surface area (Å²) in [5, 5.41) is 9.10. The summed E-state index contributed by atoms with van der Waals surface area (Å²) in [4.78, 5) is 23.8. The van der Waals surface area contributed by atoms with Crippen molar-refractivity contribution in [1.82, 2.24) is 0 Å². The fourth-order valence-electron chi connectivity index (χ4n) is 3.02. The molecule has 0 bridgehead atoms. The standard InChI is InChI=1S/C20H12O3/c21-19-17-10-13(12-4-2-1-3-5-12)6-8-15(17)16-9-7-14(20(22)23)11-18(16)19/h1-11H,(H,22,23). The molecular formula is C20H12O3. The van der Waals surface area contributed by atoms with Gasteiger partial charge in [0.25, 0.3) is 0 Å². The molecule has 0 saturated heterocycles. The van der Waals surface area contributed by atoms with Gasteiger partial charge in [0.15, 0.2) is 5.78 Å². The number of carbonyl (C=O) groups excluding carboxylic acids is 1. The second-order valence-corrected chi connectivity index (χ2v) is 5.52. The number of hydrogen-bond acceptors (Lipinski definition) is 2. The number of benzene rings is 3. The van der Waals surface area contributed by atoms with E-state index in [1.54, 1.807) is 6.07 Å². The molecule has 3 nitrogen and oxygen atoms in total. The van der Waals surface area contributed by atoms with Crippen molar-refractivity contribution in [2.24, 2.45) is 0 Å². The zero-order valence-corrected chi connectivity index (χ0v) is 12.1. The summed E-state index contributed by atoms with van der Waals surface area (Å²) in [7, 11) is 0. The molecular weight excluding hydrogens is 288 g/mol. The molecule has 3 aromatic rings. The van der Waals surface area contributed by atoms with Crippen molar-refractivity contribution in [2.75, 3.05) is 0 Å². The minimum atomic E-state index is -1.03. The molecule has 1 aliphatic rings. The number of rotatable bonds is 2. The van der Waals surface area contributed by atoms with Crippen molar-refractivity contribution in [1.29, 1.82) is 0 Å². The molecule has 0 unspecified atom stereocenters. The minimum Gasteiger partial charge on any atom is -0.478 e. The topological polar surface area (TPSA) is 54.4 Å². The Kier molecular flexibility index (Phi) is 2.88. The number of fused-ring (bicyclic) bond motifs is 3. The maximum Gasteiger partial charge on any atom is 0.335 e. The SMILES string of the molecule is O=C(O)c1ccc2c(c1)C(=O)c1cc(-c3ccccc3)ccc1-2. The quantitative estimate of drug-likeness (QED) is 0.601. The Morgan fingerprint density at radius 1 is 0.696 bits per heavy atom. The number of aromatic carboxylic acids is 1. The van der Waals surface area contributed by atoms with Gasteiger partial charge in [0.2, 0.25) is 0 Å². The fourth-order valence-corrected chi connectivity index (χ4v) is 3.02. The molecule has 1 aliphatic carbocycles. The molecule has 0 amide bonds. The highest BCUT2D eigenvalue weighted by Gasteiger charge is 2.27. The summed E-state index contributed by atoms with van der Waals surface area (Å²) in [6.07, 6.45) is 0. The molecule has 3 heteroatoms. The van der Waals surface area contributed by atoms with E-state index in [0.29, 0.717) is 11.1 Å². The number of carboxylic acid groups (broad SMARTS) is 1. The Morgan fingerprint density at radius 3 is 2.04 bits per heavy atom. The Balaban J connectivity index is 1.86. The van der Waals surface area contributed by atoms with E-state index in [1.807, 2.05) is 48.5 Å². The molecule has 0 aliphatic heterocycles. The summed E-state index contributed by atoms with van der Waals surface area (Å²) in [6.45, 7) is 0. The third kappa shape index (κ3) is 2.06. The summed E-state index contributed by atoms with van der Waals surface area (Å²) in [6, 6.07) is 20.4. The van der Waals surface area contributed by atoms with E-state index in [1.165, 1.54) is 12.1 Å². The van der Waals surface area contributed by atoms with E-state index < -0.39 is 5.97 Å². The van der Waals surface area contributed by atoms with Gasteiger partial charge in [0.1, 0.15) is 0 Å². The Morgan fingerprint density at radius 2 is 1.35 bits per heavy atom. The van der Waals surface area contributed by atoms with E-state index >= 15 is 0 Å². The Labute approximate surface area is 132 Å². The first-order valence-corrected chi connectivity index (χ1v) is 7.27. The van der Waals surface area contributed by atoms with Gasteiger partial charge in [0, 0.05) is 11.1 Å². The lowest BCUT2D eigenvalue weighted by atomic mass is 9.99. The second-order valence-electron chi connectivity index (χ2n) is 5.52. The van der Waals surface area contributed by atoms with Crippen LogP contribution in [0.5, 0.6) is 0 Å². The lowest BCUT2D eigenvalue weighted by Crippen LogP contribution is -2.00. The van der Waals surface area contributed by atoms with Gasteiger partial charge in [-0.2, -0.15) is 0 Å². The highest BCUT2D eigenvalue weighted by Crippen LogP contribution is 2.39. The molecule has 0 spiro atoms. The Hall–Kier alpha value is -3.20. The highest BCUT2D eigenvalue weighted by atomic mass is 16.4. The van der Waals surface area contributed by atoms with Crippen LogP contribution in [-0.2, 0) is 0 Å². The van der Waals surface area contributed by atoms with Crippen LogP contribution in [0.15, 0.2) is 66.7 Å². The molecule has 4 rings (SSSR count). The van der Waals surface area contributed by atoms with Crippen LogP contribution in [0.1, 0.15) is 26.3 Å². The highest BCUT2D eigenvalue weighted by molar-refractivity contribution is 6.22. The molecule has 0 aromatic heterocycles. The van der Waals surface area contributed by atoms with Gasteiger partial charge in [-0.1, -0.05) is 48.5 Å². The molecule has 1 N–H and O–H groups in total. The summed E-state index contributed by atoms with van der Waals surface area (Å²) >= 11 is 0. The molecule has 0 fully saturated rings. The van der Waals surface area contributed by atoms with E-state index in [-0.39, 0.29) is 11.3 Å². The third-order valence-corrected chi connectivity index (χ3v) is 4.17. The second kappa shape index (κ2) is 4.92. The summed E-state index contributed by atoms with van der Waals surface area (Å²) in [5.74, 6) is -1.14. The lowest BCUT2D eigenvalue weighted by molar-refractivity contribution is 0.0697. The molecule has 0 radical (unpaired) electrons. The predicted molar refractivity (Wildman–Crippen MR) is 87.7 cm³/mol. The largest absolute Gasteiger partial charge is 0.478 e. The number of hydrogen-bond donors (Lipinski definition) is 1. The van der Waals surface area contributed by atoms with E-state index in [4.69, 9.17) is 5.11 Å². The van der Waals surface area contributed by atoms with Crippen molar-refractivity contribution in [3.63, 3.8) is 0 Å². The van der Waals surface area contributed by atoms with Gasteiger partial charge in [0.05, 0.1) is 5.56 Å². The number of ketones is 1. The van der Waals surface area contributed by atoms with Crippen LogP contribution in [-0.4, -0.2) is 16.9 Å². The normalized spacial score (nSPS) is 11.9. The van der Waals surface area contributed by atoms with Crippen molar-refractivity contribution in [3.05, 3.63) is 83.4 Å². The number of carbonyl (C=O) groups is 2. The van der Waals surface area contributed by atoms with E-state index in [9.17, 15) is 9.59 Å². The monoisotopic (exact) mass is 300 g/mol. The van der Waals surface area contributed by atoms with Gasteiger partial charge in [-0.3, -0.25) is 4.79 Å². The Bertz CT molecular complexity index is 956. The van der Waals surface area contributed by atoms with Crippen molar-refractivity contribution in [2.45, 2.75) is 0 Å². The van der Waals surface area contributed by atoms with E-state index in [0.717, 1.165) is 22.3 Å². The lowest BCUT2D eigenvalue weighted by Gasteiger charge is -2.05. The van der Waals surface area contributed by atoms with Crippen molar-refractivity contribution >= 4 is 11.8 Å². The van der Waals surface area contributed by atoms with Crippen LogP contribution in [0.3, 0.4) is 0 Å². The van der Waals surface area contributed by atoms with Crippen molar-refractivity contribution in [3.8, 4) is 22.3 Å². The molecule has 0 atom stereocenters. The molecule has 3 aromatic carbocycles. The summed E-state index contributed by atoms with van der Waals surface area (Å²) < 4.78 is 0. The van der Waals surface area contributed by atoms with Crippen LogP contribution in [0.4, 0.5) is 0 Å². The third-order valence-electron chi connectivity index (χ3n) is 4.17. The zero-order chi connectivity index (χ0) is 16.0. The minimum absolute atomic E-state index is 0.115. The van der Waals surface area contributed by atoms with Crippen molar-refractivity contribution < 1.29 is 14.7 Å². The van der Waals surface area contributed by atoms with Crippen LogP contribution < -0.4 is 0 Å². The average Bonchev–Trinajstić information content (AvgIpc) is 2.87. The average molecular weight is 300 g/mol. The maximum absolute atomic E-state index is 12.7. The maximum atomic E-state index is 12.7. The van der Waals surface area contributed by atoms with Gasteiger partial charge >= 0.3 is 5.97 Å².